The van der Waals surface area contributed by atoms with E-state index < -0.39 is 18.0 Å². The van der Waals surface area contributed by atoms with Crippen LogP contribution in [-0.4, -0.2) is 53.7 Å². The smallest absolute Gasteiger partial charge is 0.407 e. The molecule has 2 atom stereocenters. The number of fused-ring (bicyclic) bond motifs is 3. The standard InChI is InChI=1S/C27H30N2O5/c1-16-10-11-29(14-23(16)26(31)32)25(30)17-12-18(13-17)28-27(33)34-15-24-21-8-4-2-6-19(21)20-7-3-5-9-22(20)24/h2-9,16-18,23-24H,10-15H2,1H3,(H,28,33)(H,31,32). The van der Waals surface area contributed by atoms with Gasteiger partial charge in [0.2, 0.25) is 5.91 Å². The summed E-state index contributed by atoms with van der Waals surface area (Å²) in [4.78, 5) is 38.4. The van der Waals surface area contributed by atoms with Crippen molar-refractivity contribution in [2.45, 2.75) is 38.1 Å². The Morgan fingerprint density at radius 1 is 1.03 bits per heavy atom. The fourth-order valence-corrected chi connectivity index (χ4v) is 5.59. The number of piperidine rings is 1. The van der Waals surface area contributed by atoms with Crippen LogP contribution in [0.15, 0.2) is 48.5 Å². The van der Waals surface area contributed by atoms with Crippen molar-refractivity contribution in [3.63, 3.8) is 0 Å². The summed E-state index contributed by atoms with van der Waals surface area (Å²) in [6.07, 6.45) is 1.37. The van der Waals surface area contributed by atoms with Crippen LogP contribution in [0.25, 0.3) is 11.1 Å². The number of aliphatic carboxylic acids is 1. The fraction of sp³-hybridized carbons (Fsp3) is 0.444. The Morgan fingerprint density at radius 2 is 1.65 bits per heavy atom. The van der Waals surface area contributed by atoms with Gasteiger partial charge in [0.05, 0.1) is 5.92 Å². The molecule has 34 heavy (non-hydrogen) atoms. The lowest BCUT2D eigenvalue weighted by Gasteiger charge is -2.41. The van der Waals surface area contributed by atoms with Crippen molar-refractivity contribution in [1.29, 1.82) is 0 Å². The molecular formula is C27H30N2O5. The molecule has 2 N–H and O–H groups in total. The van der Waals surface area contributed by atoms with E-state index in [0.29, 0.717) is 25.8 Å². The zero-order chi connectivity index (χ0) is 23.8. The third-order valence-corrected chi connectivity index (χ3v) is 7.74. The number of likely N-dealkylation sites (tertiary alicyclic amines) is 1. The third kappa shape index (κ3) is 4.15. The van der Waals surface area contributed by atoms with E-state index in [1.807, 2.05) is 31.2 Å². The second-order valence-corrected chi connectivity index (χ2v) is 9.83. The molecule has 0 bridgehead atoms. The van der Waals surface area contributed by atoms with Crippen molar-refractivity contribution in [1.82, 2.24) is 10.2 Å². The van der Waals surface area contributed by atoms with Crippen molar-refractivity contribution in [3.8, 4) is 11.1 Å². The van der Waals surface area contributed by atoms with Crippen molar-refractivity contribution < 1.29 is 24.2 Å². The topological polar surface area (TPSA) is 95.9 Å². The molecule has 1 saturated heterocycles. The van der Waals surface area contributed by atoms with Crippen molar-refractivity contribution in [2.24, 2.45) is 17.8 Å². The summed E-state index contributed by atoms with van der Waals surface area (Å²) in [6.45, 7) is 3.07. The van der Waals surface area contributed by atoms with Crippen LogP contribution in [0.4, 0.5) is 4.79 Å². The minimum Gasteiger partial charge on any atom is -0.481 e. The van der Waals surface area contributed by atoms with Gasteiger partial charge in [-0.2, -0.15) is 0 Å². The highest BCUT2D eigenvalue weighted by Crippen LogP contribution is 2.44. The second kappa shape index (κ2) is 9.12. The Balaban J connectivity index is 1.11. The monoisotopic (exact) mass is 462 g/mol. The van der Waals surface area contributed by atoms with E-state index in [-0.39, 0.29) is 42.9 Å². The quantitative estimate of drug-likeness (QED) is 0.703. The molecule has 0 spiro atoms. The second-order valence-electron chi connectivity index (χ2n) is 9.83. The number of hydrogen-bond acceptors (Lipinski definition) is 4. The lowest BCUT2D eigenvalue weighted by Crippen LogP contribution is -2.53. The third-order valence-electron chi connectivity index (χ3n) is 7.74. The molecule has 2 amide bonds. The van der Waals surface area contributed by atoms with Crippen LogP contribution in [0.3, 0.4) is 0 Å². The summed E-state index contributed by atoms with van der Waals surface area (Å²) < 4.78 is 5.60. The van der Waals surface area contributed by atoms with E-state index in [4.69, 9.17) is 4.74 Å². The summed E-state index contributed by atoms with van der Waals surface area (Å²) in [5.41, 5.74) is 4.71. The first-order chi connectivity index (χ1) is 16.4. The molecule has 7 heteroatoms. The average Bonchev–Trinajstić information content (AvgIpc) is 3.13. The molecule has 2 aromatic carbocycles. The molecule has 1 saturated carbocycles. The Hall–Kier alpha value is -3.35. The van der Waals surface area contributed by atoms with E-state index in [1.54, 1.807) is 4.90 Å². The minimum absolute atomic E-state index is 0.00346. The van der Waals surface area contributed by atoms with Crippen LogP contribution in [0.2, 0.25) is 0 Å². The normalized spacial score (nSPS) is 25.6. The molecule has 3 aliphatic rings. The van der Waals surface area contributed by atoms with Gasteiger partial charge in [-0.3, -0.25) is 9.59 Å². The van der Waals surface area contributed by atoms with Gasteiger partial charge in [0.1, 0.15) is 6.61 Å². The molecule has 2 aromatic rings. The van der Waals surface area contributed by atoms with Gasteiger partial charge in [-0.1, -0.05) is 55.5 Å². The molecule has 2 fully saturated rings. The first kappa shape index (κ1) is 22.4. The zero-order valence-electron chi connectivity index (χ0n) is 19.3. The van der Waals surface area contributed by atoms with Gasteiger partial charge in [0.25, 0.3) is 0 Å². The average molecular weight is 463 g/mol. The van der Waals surface area contributed by atoms with E-state index in [9.17, 15) is 19.5 Å². The summed E-state index contributed by atoms with van der Waals surface area (Å²) in [7, 11) is 0. The number of hydrogen-bond donors (Lipinski definition) is 2. The highest BCUT2D eigenvalue weighted by atomic mass is 16.5. The zero-order valence-corrected chi connectivity index (χ0v) is 19.3. The van der Waals surface area contributed by atoms with Crippen molar-refractivity contribution in [3.05, 3.63) is 59.7 Å². The Labute approximate surface area is 199 Å². The number of alkyl carbamates (subject to hydrolysis) is 1. The van der Waals surface area contributed by atoms with Crippen LogP contribution in [0.5, 0.6) is 0 Å². The summed E-state index contributed by atoms with van der Waals surface area (Å²) in [5.74, 6) is -1.42. The highest BCUT2D eigenvalue weighted by molar-refractivity contribution is 5.82. The first-order valence-corrected chi connectivity index (χ1v) is 12.1. The number of carbonyl (C=O) groups is 3. The molecular weight excluding hydrogens is 432 g/mol. The maximum Gasteiger partial charge on any atom is 0.407 e. The molecule has 178 valence electrons. The molecule has 0 radical (unpaired) electrons. The van der Waals surface area contributed by atoms with E-state index >= 15 is 0 Å². The van der Waals surface area contributed by atoms with E-state index in [1.165, 1.54) is 22.3 Å². The lowest BCUT2D eigenvalue weighted by molar-refractivity contribution is -0.150. The van der Waals surface area contributed by atoms with Crippen LogP contribution < -0.4 is 5.32 Å². The number of amides is 2. The summed E-state index contributed by atoms with van der Waals surface area (Å²) in [6, 6.07) is 16.3. The molecule has 2 aliphatic carbocycles. The summed E-state index contributed by atoms with van der Waals surface area (Å²) in [5, 5.41) is 12.3. The lowest BCUT2D eigenvalue weighted by atomic mass is 9.78. The number of carboxylic acid groups (broad SMARTS) is 1. The molecule has 1 heterocycles. The van der Waals surface area contributed by atoms with E-state index in [2.05, 4.69) is 29.6 Å². The summed E-state index contributed by atoms with van der Waals surface area (Å²) >= 11 is 0. The fourth-order valence-electron chi connectivity index (χ4n) is 5.59. The van der Waals surface area contributed by atoms with Crippen LogP contribution in [0, 0.1) is 17.8 Å². The van der Waals surface area contributed by atoms with Crippen LogP contribution in [-0.2, 0) is 14.3 Å². The first-order valence-electron chi connectivity index (χ1n) is 12.1. The number of nitrogens with zero attached hydrogens (tertiary/aromatic N) is 1. The molecule has 5 rings (SSSR count). The molecule has 0 aromatic heterocycles. The predicted molar refractivity (Wildman–Crippen MR) is 126 cm³/mol. The Morgan fingerprint density at radius 3 is 2.26 bits per heavy atom. The van der Waals surface area contributed by atoms with Gasteiger partial charge in [-0.05, 0) is 47.4 Å². The number of carboxylic acids is 1. The minimum atomic E-state index is -0.839. The molecule has 2 unspecified atom stereocenters. The number of rotatable bonds is 5. The van der Waals surface area contributed by atoms with Crippen molar-refractivity contribution in [2.75, 3.05) is 19.7 Å². The predicted octanol–water partition coefficient (Wildman–Crippen LogP) is 3.87. The van der Waals surface area contributed by atoms with Crippen LogP contribution in [0.1, 0.15) is 43.2 Å². The Bertz CT molecular complexity index is 1060. The number of ether oxygens (including phenoxy) is 1. The largest absolute Gasteiger partial charge is 0.481 e. The van der Waals surface area contributed by atoms with E-state index in [0.717, 1.165) is 0 Å². The van der Waals surface area contributed by atoms with Gasteiger partial charge in [0, 0.05) is 31.0 Å². The van der Waals surface area contributed by atoms with Crippen LogP contribution >= 0.6 is 0 Å². The Kier molecular flexibility index (Phi) is 6.02. The highest BCUT2D eigenvalue weighted by Gasteiger charge is 2.41. The SMILES string of the molecule is CC1CCN(C(=O)C2CC(NC(=O)OCC3c4ccccc4-c4ccccc43)C2)CC1C(=O)O. The number of benzene rings is 2. The number of carbonyl (C=O) groups excluding carboxylic acids is 2. The maximum atomic E-state index is 12.8. The van der Waals surface area contributed by atoms with Gasteiger partial charge in [-0.15, -0.1) is 0 Å². The van der Waals surface area contributed by atoms with Gasteiger partial charge in [0.15, 0.2) is 0 Å². The van der Waals surface area contributed by atoms with Gasteiger partial charge >= 0.3 is 12.1 Å². The maximum absolute atomic E-state index is 12.8. The van der Waals surface area contributed by atoms with Gasteiger partial charge in [-0.25, -0.2) is 4.79 Å². The number of nitrogens with one attached hydrogen (secondary N) is 1. The van der Waals surface area contributed by atoms with Crippen molar-refractivity contribution >= 4 is 18.0 Å². The molecule has 7 nitrogen and oxygen atoms in total. The van der Waals surface area contributed by atoms with Gasteiger partial charge < -0.3 is 20.1 Å². The molecule has 1 aliphatic heterocycles.